The van der Waals surface area contributed by atoms with E-state index in [2.05, 4.69) is 13.8 Å². The number of aliphatic hydroxyl groups excluding tert-OH is 2. The standard InChI is InChI=1S/C19H40N2O3/c1-3-5-7-9-11-13-15-20-17-21(24,19(23)18(20)22)16-14-12-10-8-6-4-2/h18-19,22-23H,3-17H2,1-2H3. The second-order valence-corrected chi connectivity index (χ2v) is 7.49. The number of aliphatic hydroxyl groups is 2. The molecule has 24 heavy (non-hydrogen) atoms. The Kier molecular flexibility index (Phi) is 11.1. The van der Waals surface area contributed by atoms with Crippen LogP contribution in [0, 0.1) is 5.21 Å². The fraction of sp³-hybridized carbons (Fsp3) is 1.00. The molecule has 0 aromatic carbocycles. The van der Waals surface area contributed by atoms with E-state index in [4.69, 9.17) is 0 Å². The average Bonchev–Trinajstić information content (AvgIpc) is 2.78. The third kappa shape index (κ3) is 7.36. The lowest BCUT2D eigenvalue weighted by Gasteiger charge is -2.40. The van der Waals surface area contributed by atoms with Gasteiger partial charge in [0.15, 0.2) is 6.23 Å². The number of quaternary nitrogens is 1. The fourth-order valence-electron chi connectivity index (χ4n) is 3.57. The van der Waals surface area contributed by atoms with E-state index in [1.54, 1.807) is 4.90 Å². The minimum atomic E-state index is -1.21. The van der Waals surface area contributed by atoms with Crippen molar-refractivity contribution in [3.8, 4) is 0 Å². The normalized spacial score (nSPS) is 27.9. The summed E-state index contributed by atoms with van der Waals surface area (Å²) in [5.41, 5.74) is 0. The molecule has 1 saturated heterocycles. The van der Waals surface area contributed by atoms with E-state index in [1.165, 1.54) is 44.9 Å². The smallest absolute Gasteiger partial charge is 0.232 e. The summed E-state index contributed by atoms with van der Waals surface area (Å²) in [6, 6.07) is 0. The molecule has 0 aromatic rings. The zero-order valence-corrected chi connectivity index (χ0v) is 16.0. The van der Waals surface area contributed by atoms with Crippen LogP contribution in [0.1, 0.15) is 90.9 Å². The highest BCUT2D eigenvalue weighted by atomic mass is 16.6. The molecule has 0 spiro atoms. The minimum absolute atomic E-state index is 0.228. The van der Waals surface area contributed by atoms with Gasteiger partial charge in [0.05, 0.1) is 6.54 Å². The van der Waals surface area contributed by atoms with Gasteiger partial charge in [-0.15, -0.1) is 0 Å². The summed E-state index contributed by atoms with van der Waals surface area (Å²) in [7, 11) is 0. The molecule has 5 nitrogen and oxygen atoms in total. The summed E-state index contributed by atoms with van der Waals surface area (Å²) >= 11 is 0. The Labute approximate surface area is 148 Å². The number of hydrogen-bond donors (Lipinski definition) is 2. The third-order valence-corrected chi connectivity index (χ3v) is 5.23. The van der Waals surface area contributed by atoms with Gasteiger partial charge >= 0.3 is 0 Å². The highest BCUT2D eigenvalue weighted by molar-refractivity contribution is 4.71. The number of hydrogen-bond acceptors (Lipinski definition) is 4. The van der Waals surface area contributed by atoms with Crippen molar-refractivity contribution in [1.82, 2.24) is 4.90 Å². The van der Waals surface area contributed by atoms with Gasteiger partial charge in [0.2, 0.25) is 6.23 Å². The first-order valence-electron chi connectivity index (χ1n) is 10.2. The molecule has 3 atom stereocenters. The molecule has 1 fully saturated rings. The molecule has 0 bridgehead atoms. The van der Waals surface area contributed by atoms with Crippen LogP contribution in [0.2, 0.25) is 0 Å². The molecule has 1 rings (SSSR count). The lowest BCUT2D eigenvalue weighted by atomic mass is 10.1. The van der Waals surface area contributed by atoms with Crippen LogP contribution < -0.4 is 0 Å². The van der Waals surface area contributed by atoms with E-state index in [1.807, 2.05) is 0 Å². The number of rotatable bonds is 14. The number of hydroxylamine groups is 3. The van der Waals surface area contributed by atoms with Gasteiger partial charge in [-0.2, -0.15) is 0 Å². The maximum atomic E-state index is 12.8. The Hall–Kier alpha value is -0.200. The molecule has 1 aliphatic heterocycles. The van der Waals surface area contributed by atoms with E-state index < -0.39 is 17.1 Å². The predicted molar refractivity (Wildman–Crippen MR) is 98.8 cm³/mol. The number of nitrogens with zero attached hydrogens (tertiary/aromatic N) is 2. The Morgan fingerprint density at radius 2 is 1.33 bits per heavy atom. The van der Waals surface area contributed by atoms with E-state index in [9.17, 15) is 15.4 Å². The zero-order chi connectivity index (χ0) is 17.8. The van der Waals surface area contributed by atoms with Crippen LogP contribution in [0.4, 0.5) is 0 Å². The zero-order valence-electron chi connectivity index (χ0n) is 16.0. The van der Waals surface area contributed by atoms with Crippen LogP contribution in [-0.2, 0) is 0 Å². The summed E-state index contributed by atoms with van der Waals surface area (Å²) in [5, 5.41) is 33.1. The molecule has 0 aliphatic carbocycles. The van der Waals surface area contributed by atoms with Gasteiger partial charge in [-0.05, 0) is 19.3 Å². The monoisotopic (exact) mass is 344 g/mol. The summed E-state index contributed by atoms with van der Waals surface area (Å²) in [6.45, 7) is 5.75. The first-order valence-corrected chi connectivity index (χ1v) is 10.2. The SMILES string of the molecule is CCCCCCCCN1C[N+]([O-])(CCCCCCCC)C(O)C1O. The van der Waals surface area contributed by atoms with Crippen molar-refractivity contribution in [3.05, 3.63) is 5.21 Å². The molecule has 0 amide bonds. The lowest BCUT2D eigenvalue weighted by Crippen LogP contribution is -2.49. The van der Waals surface area contributed by atoms with Crippen LogP contribution in [-0.4, -0.2) is 52.0 Å². The van der Waals surface area contributed by atoms with Crippen molar-refractivity contribution >= 4 is 0 Å². The maximum Gasteiger partial charge on any atom is 0.232 e. The van der Waals surface area contributed by atoms with Crippen molar-refractivity contribution in [2.45, 2.75) is 103 Å². The Morgan fingerprint density at radius 1 is 0.833 bits per heavy atom. The molecule has 0 radical (unpaired) electrons. The second kappa shape index (κ2) is 12.2. The predicted octanol–water partition coefficient (Wildman–Crippen LogP) is 3.93. The van der Waals surface area contributed by atoms with Crippen LogP contribution in [0.15, 0.2) is 0 Å². The molecule has 1 heterocycles. The van der Waals surface area contributed by atoms with Crippen molar-refractivity contribution < 1.29 is 14.9 Å². The van der Waals surface area contributed by atoms with Gasteiger partial charge in [-0.1, -0.05) is 71.6 Å². The van der Waals surface area contributed by atoms with Gasteiger partial charge < -0.3 is 20.1 Å². The van der Waals surface area contributed by atoms with Gasteiger partial charge in [0, 0.05) is 6.54 Å². The minimum Gasteiger partial charge on any atom is -0.630 e. The molecule has 1 aliphatic rings. The van der Waals surface area contributed by atoms with Crippen molar-refractivity contribution in [2.24, 2.45) is 0 Å². The second-order valence-electron chi connectivity index (χ2n) is 7.49. The van der Waals surface area contributed by atoms with Gasteiger partial charge in [-0.25, -0.2) is 4.90 Å². The van der Waals surface area contributed by atoms with Gasteiger partial charge in [0.1, 0.15) is 6.67 Å². The molecular formula is C19H40N2O3. The largest absolute Gasteiger partial charge is 0.630 e. The summed E-state index contributed by atoms with van der Waals surface area (Å²) in [4.78, 5) is 1.77. The Bertz CT molecular complexity index is 317. The van der Waals surface area contributed by atoms with Crippen LogP contribution in [0.5, 0.6) is 0 Å². The van der Waals surface area contributed by atoms with Crippen LogP contribution in [0.25, 0.3) is 0 Å². The highest BCUT2D eigenvalue weighted by Gasteiger charge is 2.45. The molecule has 0 saturated carbocycles. The van der Waals surface area contributed by atoms with E-state index in [0.29, 0.717) is 13.1 Å². The quantitative estimate of drug-likeness (QED) is 0.285. The molecule has 0 aromatic heterocycles. The third-order valence-electron chi connectivity index (χ3n) is 5.23. The van der Waals surface area contributed by atoms with Crippen molar-refractivity contribution in [3.63, 3.8) is 0 Å². The average molecular weight is 345 g/mol. The Balaban J connectivity index is 2.24. The molecular weight excluding hydrogens is 304 g/mol. The number of unbranched alkanes of at least 4 members (excludes halogenated alkanes) is 10. The van der Waals surface area contributed by atoms with Crippen molar-refractivity contribution in [2.75, 3.05) is 19.8 Å². The topological polar surface area (TPSA) is 66.8 Å². The molecule has 3 unspecified atom stereocenters. The maximum absolute atomic E-state index is 12.8. The lowest BCUT2D eigenvalue weighted by molar-refractivity contribution is -0.919. The fourth-order valence-corrected chi connectivity index (χ4v) is 3.57. The Morgan fingerprint density at radius 3 is 1.92 bits per heavy atom. The van der Waals surface area contributed by atoms with E-state index >= 15 is 0 Å². The summed E-state index contributed by atoms with van der Waals surface area (Å²) < 4.78 is -0.662. The van der Waals surface area contributed by atoms with Crippen molar-refractivity contribution in [1.29, 1.82) is 0 Å². The van der Waals surface area contributed by atoms with Crippen LogP contribution in [0.3, 0.4) is 0 Å². The van der Waals surface area contributed by atoms with Crippen LogP contribution >= 0.6 is 0 Å². The summed E-state index contributed by atoms with van der Waals surface area (Å²) in [6.07, 6.45) is 11.7. The highest BCUT2D eigenvalue weighted by Crippen LogP contribution is 2.27. The molecule has 144 valence electrons. The van der Waals surface area contributed by atoms with Gasteiger partial charge in [-0.3, -0.25) is 0 Å². The van der Waals surface area contributed by atoms with Gasteiger partial charge in [0.25, 0.3) is 0 Å². The molecule has 2 N–H and O–H groups in total. The first-order chi connectivity index (χ1) is 11.5. The van der Waals surface area contributed by atoms with E-state index in [0.717, 1.165) is 32.1 Å². The first kappa shape index (κ1) is 21.8. The summed E-state index contributed by atoms with van der Waals surface area (Å²) in [5.74, 6) is 0. The molecule has 5 heteroatoms. The van der Waals surface area contributed by atoms with E-state index in [-0.39, 0.29) is 6.67 Å².